The number of para-hydroxylation sites is 1. The highest BCUT2D eigenvalue weighted by molar-refractivity contribution is 7.80. The molecular weight excluding hydrogens is 360 g/mol. The Kier molecular flexibility index (Phi) is 6.68. The average Bonchev–Trinajstić information content (AvgIpc) is 2.66. The van der Waals surface area contributed by atoms with E-state index in [2.05, 4.69) is 15.2 Å². The Morgan fingerprint density at radius 3 is 2.70 bits per heavy atom. The summed E-state index contributed by atoms with van der Waals surface area (Å²) in [6.07, 6.45) is 6.27. The predicted octanol–water partition coefficient (Wildman–Crippen LogP) is 2.31. The average molecular weight is 387 g/mol. The zero-order valence-corrected chi connectivity index (χ0v) is 16.5. The largest absolute Gasteiger partial charge is 0.303 e. The summed E-state index contributed by atoms with van der Waals surface area (Å²) in [5.41, 5.74) is 1.61. The molecule has 2 fully saturated rings. The fraction of sp³-hybridized carbons (Fsp3) is 0.500. The summed E-state index contributed by atoms with van der Waals surface area (Å²) >= 11 is 5.23. The van der Waals surface area contributed by atoms with Gasteiger partial charge in [-0.3, -0.25) is 19.5 Å². The number of rotatable bonds is 6. The van der Waals surface area contributed by atoms with Gasteiger partial charge in [-0.2, -0.15) is 0 Å². The van der Waals surface area contributed by atoms with Gasteiger partial charge in [0.05, 0.1) is 5.69 Å². The Morgan fingerprint density at radius 2 is 1.96 bits per heavy atom. The number of nitrogens with zero attached hydrogens (tertiary/aromatic N) is 3. The Bertz CT molecular complexity index is 743. The van der Waals surface area contributed by atoms with Crippen molar-refractivity contribution in [2.75, 3.05) is 31.1 Å². The van der Waals surface area contributed by atoms with E-state index in [4.69, 9.17) is 12.2 Å². The van der Waals surface area contributed by atoms with E-state index in [0.29, 0.717) is 12.2 Å². The number of thiocarbonyl (C=S) groups is 1. The fourth-order valence-electron chi connectivity index (χ4n) is 3.51. The SMILES string of the molecule is Cc1ccccc1N1C(=O)[C@H](C=NCCCN2CCCCC2)C(=O)NC1=S. The van der Waals surface area contributed by atoms with Gasteiger partial charge in [0.25, 0.3) is 5.91 Å². The molecule has 2 saturated heterocycles. The number of carbonyl (C=O) groups excluding carboxylic acids is 2. The number of hydrogen-bond donors (Lipinski definition) is 1. The third kappa shape index (κ3) is 4.78. The number of likely N-dealkylation sites (tertiary alicyclic amines) is 1. The van der Waals surface area contributed by atoms with Gasteiger partial charge < -0.3 is 10.2 Å². The second-order valence-electron chi connectivity index (χ2n) is 7.04. The molecule has 1 atom stereocenters. The highest BCUT2D eigenvalue weighted by Crippen LogP contribution is 2.23. The van der Waals surface area contributed by atoms with Crippen molar-refractivity contribution in [2.24, 2.45) is 10.9 Å². The summed E-state index contributed by atoms with van der Waals surface area (Å²) < 4.78 is 0. The number of benzene rings is 1. The van der Waals surface area contributed by atoms with Crippen molar-refractivity contribution in [3.8, 4) is 0 Å². The zero-order chi connectivity index (χ0) is 19.2. The van der Waals surface area contributed by atoms with Gasteiger partial charge in [0.1, 0.15) is 0 Å². The quantitative estimate of drug-likeness (QED) is 0.353. The molecule has 0 radical (unpaired) electrons. The van der Waals surface area contributed by atoms with Crippen LogP contribution in [0.15, 0.2) is 29.3 Å². The van der Waals surface area contributed by atoms with Gasteiger partial charge >= 0.3 is 0 Å². The van der Waals surface area contributed by atoms with Crippen molar-refractivity contribution < 1.29 is 9.59 Å². The van der Waals surface area contributed by atoms with Crippen molar-refractivity contribution in [1.82, 2.24) is 10.2 Å². The lowest BCUT2D eigenvalue weighted by molar-refractivity contribution is -0.130. The molecule has 2 amide bonds. The number of nitrogens with one attached hydrogen (secondary N) is 1. The van der Waals surface area contributed by atoms with E-state index in [1.165, 1.54) is 30.4 Å². The molecular formula is C20H26N4O2S. The van der Waals surface area contributed by atoms with Crippen molar-refractivity contribution in [1.29, 1.82) is 0 Å². The van der Waals surface area contributed by atoms with Gasteiger partial charge in [-0.1, -0.05) is 24.6 Å². The van der Waals surface area contributed by atoms with E-state index in [9.17, 15) is 9.59 Å². The molecule has 2 aliphatic heterocycles. The minimum absolute atomic E-state index is 0.119. The first-order valence-corrected chi connectivity index (χ1v) is 9.95. The van der Waals surface area contributed by atoms with E-state index in [1.54, 1.807) is 0 Å². The number of anilines is 1. The number of aliphatic imine (C=N–C) groups is 1. The maximum absolute atomic E-state index is 12.9. The van der Waals surface area contributed by atoms with Crippen LogP contribution in [0.3, 0.4) is 0 Å². The normalized spacial score (nSPS) is 21.7. The summed E-state index contributed by atoms with van der Waals surface area (Å²) in [7, 11) is 0. The molecule has 2 aliphatic rings. The van der Waals surface area contributed by atoms with Crippen LogP contribution >= 0.6 is 12.2 Å². The van der Waals surface area contributed by atoms with Crippen LogP contribution in [0.4, 0.5) is 5.69 Å². The van der Waals surface area contributed by atoms with Crippen LogP contribution in [-0.2, 0) is 9.59 Å². The minimum atomic E-state index is -0.939. The van der Waals surface area contributed by atoms with Crippen LogP contribution in [0.2, 0.25) is 0 Å². The van der Waals surface area contributed by atoms with E-state index in [-0.39, 0.29) is 11.0 Å². The van der Waals surface area contributed by atoms with Gasteiger partial charge in [0, 0.05) is 12.8 Å². The van der Waals surface area contributed by atoms with Crippen LogP contribution in [0.25, 0.3) is 0 Å². The molecule has 7 heteroatoms. The molecule has 1 aromatic rings. The molecule has 0 unspecified atom stereocenters. The van der Waals surface area contributed by atoms with Gasteiger partial charge in [-0.15, -0.1) is 0 Å². The molecule has 27 heavy (non-hydrogen) atoms. The monoisotopic (exact) mass is 386 g/mol. The Labute approximate surface area is 165 Å². The lowest BCUT2D eigenvalue weighted by atomic mass is 10.0. The fourth-order valence-corrected chi connectivity index (χ4v) is 3.80. The number of aryl methyl sites for hydroxylation is 1. The van der Waals surface area contributed by atoms with Crippen LogP contribution in [0.5, 0.6) is 0 Å². The molecule has 144 valence electrons. The molecule has 0 aliphatic carbocycles. The van der Waals surface area contributed by atoms with E-state index >= 15 is 0 Å². The first-order valence-electron chi connectivity index (χ1n) is 9.54. The van der Waals surface area contributed by atoms with Crippen molar-refractivity contribution in [2.45, 2.75) is 32.6 Å². The maximum atomic E-state index is 12.9. The summed E-state index contributed by atoms with van der Waals surface area (Å²) in [4.78, 5) is 33.3. The first kappa shape index (κ1) is 19.6. The van der Waals surface area contributed by atoms with E-state index in [0.717, 1.165) is 31.6 Å². The van der Waals surface area contributed by atoms with Gasteiger partial charge in [0.2, 0.25) is 5.91 Å². The molecule has 3 rings (SSSR count). The van der Waals surface area contributed by atoms with Crippen LogP contribution in [-0.4, -0.2) is 54.2 Å². The molecule has 2 heterocycles. The van der Waals surface area contributed by atoms with Crippen molar-refractivity contribution in [3.05, 3.63) is 29.8 Å². The van der Waals surface area contributed by atoms with Gasteiger partial charge in [-0.25, -0.2) is 0 Å². The highest BCUT2D eigenvalue weighted by Gasteiger charge is 2.38. The molecule has 1 aromatic carbocycles. The molecule has 6 nitrogen and oxygen atoms in total. The van der Waals surface area contributed by atoms with Crippen LogP contribution < -0.4 is 10.2 Å². The Morgan fingerprint density at radius 1 is 1.22 bits per heavy atom. The molecule has 0 saturated carbocycles. The van der Waals surface area contributed by atoms with Crippen LogP contribution in [0, 0.1) is 12.8 Å². The first-order chi connectivity index (χ1) is 13.1. The van der Waals surface area contributed by atoms with E-state index in [1.807, 2.05) is 31.2 Å². The second-order valence-corrected chi connectivity index (χ2v) is 7.43. The Hall–Kier alpha value is -2.12. The van der Waals surface area contributed by atoms with E-state index < -0.39 is 11.8 Å². The maximum Gasteiger partial charge on any atom is 0.251 e. The summed E-state index contributed by atoms with van der Waals surface area (Å²) in [5.74, 6) is -1.70. The third-order valence-corrected chi connectivity index (χ3v) is 5.31. The Balaban J connectivity index is 1.60. The van der Waals surface area contributed by atoms with Crippen LogP contribution in [0.1, 0.15) is 31.2 Å². The predicted molar refractivity (Wildman–Crippen MR) is 111 cm³/mol. The van der Waals surface area contributed by atoms with Crippen molar-refractivity contribution in [3.63, 3.8) is 0 Å². The van der Waals surface area contributed by atoms with Crippen molar-refractivity contribution >= 4 is 41.0 Å². The number of piperidine rings is 1. The third-order valence-electron chi connectivity index (χ3n) is 5.02. The van der Waals surface area contributed by atoms with Gasteiger partial charge in [-0.05, 0) is 69.7 Å². The van der Waals surface area contributed by atoms with Gasteiger partial charge in [0.15, 0.2) is 11.0 Å². The highest BCUT2D eigenvalue weighted by atomic mass is 32.1. The topological polar surface area (TPSA) is 65.0 Å². The lowest BCUT2D eigenvalue weighted by Gasteiger charge is -2.31. The number of carbonyl (C=O) groups is 2. The standard InChI is InChI=1S/C20H26N4O2S/c1-15-8-3-4-9-17(15)24-19(26)16(18(25)22-20(24)27)14-21-10-7-13-23-11-5-2-6-12-23/h3-4,8-9,14,16H,2,5-7,10-13H2,1H3,(H,22,25,27)/t16-/m1/s1. The second kappa shape index (κ2) is 9.19. The number of amides is 2. The lowest BCUT2D eigenvalue weighted by Crippen LogP contribution is -2.58. The zero-order valence-electron chi connectivity index (χ0n) is 15.7. The summed E-state index contributed by atoms with van der Waals surface area (Å²) in [6, 6.07) is 7.48. The molecule has 1 N–H and O–H groups in total. The summed E-state index contributed by atoms with van der Waals surface area (Å²) in [5, 5.41) is 2.75. The summed E-state index contributed by atoms with van der Waals surface area (Å²) in [6.45, 7) is 5.86. The molecule has 0 aromatic heterocycles. The number of hydrogen-bond acceptors (Lipinski definition) is 5. The molecule has 0 bridgehead atoms. The molecule has 0 spiro atoms. The smallest absolute Gasteiger partial charge is 0.251 e. The minimum Gasteiger partial charge on any atom is -0.303 e.